The number of benzene rings is 1. The average molecular weight is 301 g/mol. The molecule has 1 aliphatic carbocycles. The number of nitrogens with one attached hydrogen (secondary N) is 1. The minimum Gasteiger partial charge on any atom is -0.550 e. The predicted molar refractivity (Wildman–Crippen MR) is 74.5 cm³/mol. The predicted octanol–water partition coefficient (Wildman–Crippen LogP) is -0.371. The Morgan fingerprint density at radius 2 is 1.73 bits per heavy atom. The van der Waals surface area contributed by atoms with Crippen LogP contribution in [-0.2, 0) is 9.59 Å². The smallest absolute Gasteiger partial charge is 0.228 e. The van der Waals surface area contributed by atoms with Gasteiger partial charge in [0.15, 0.2) is 0 Å². The highest BCUT2D eigenvalue weighted by Gasteiger charge is 2.30. The van der Waals surface area contributed by atoms with Gasteiger partial charge in [-0.25, -0.2) is 0 Å². The van der Waals surface area contributed by atoms with E-state index in [0.717, 1.165) is 0 Å². The lowest BCUT2D eigenvalue weighted by molar-refractivity contribution is -0.313. The number of carboxylic acids is 2. The summed E-state index contributed by atoms with van der Waals surface area (Å²) in [6.45, 7) is 1.71. The lowest BCUT2D eigenvalue weighted by Gasteiger charge is -2.28. The summed E-state index contributed by atoms with van der Waals surface area (Å²) in [4.78, 5) is 34.3. The van der Waals surface area contributed by atoms with Gasteiger partial charge in [-0.15, -0.1) is 0 Å². The van der Waals surface area contributed by atoms with E-state index in [1.807, 2.05) is 0 Å². The summed E-state index contributed by atoms with van der Waals surface area (Å²) in [7, 11) is 0. The second-order valence-electron chi connectivity index (χ2n) is 5.28. The van der Waals surface area contributed by atoms with Crippen LogP contribution in [0.2, 0.25) is 0 Å². The molecule has 0 spiro atoms. The van der Waals surface area contributed by atoms with Crippen LogP contribution in [0, 0.1) is 18.8 Å². The highest BCUT2D eigenvalue weighted by Crippen LogP contribution is 2.27. The van der Waals surface area contributed by atoms with Crippen LogP contribution in [0.4, 0.5) is 5.69 Å². The second-order valence-corrected chi connectivity index (χ2v) is 5.28. The van der Waals surface area contributed by atoms with Crippen molar-refractivity contribution in [2.24, 2.45) is 11.8 Å². The molecule has 0 radical (unpaired) electrons. The summed E-state index contributed by atoms with van der Waals surface area (Å²) in [6.07, 6.45) is 4.03. The third kappa shape index (κ3) is 3.33. The van der Waals surface area contributed by atoms with Gasteiger partial charge in [-0.3, -0.25) is 4.79 Å². The topological polar surface area (TPSA) is 109 Å². The number of aliphatic carboxylic acids is 1. The molecule has 0 aliphatic heterocycles. The van der Waals surface area contributed by atoms with E-state index in [9.17, 15) is 24.6 Å². The number of hydrogen-bond acceptors (Lipinski definition) is 5. The minimum atomic E-state index is -1.34. The van der Waals surface area contributed by atoms with E-state index in [0.29, 0.717) is 17.7 Å². The molecule has 6 nitrogen and oxygen atoms in total. The van der Waals surface area contributed by atoms with Crippen molar-refractivity contribution in [3.05, 3.63) is 41.5 Å². The van der Waals surface area contributed by atoms with Crippen LogP contribution in [0.15, 0.2) is 30.4 Å². The maximum atomic E-state index is 12.3. The fourth-order valence-corrected chi connectivity index (χ4v) is 2.47. The third-order valence-corrected chi connectivity index (χ3v) is 3.80. The number of amides is 1. The molecule has 22 heavy (non-hydrogen) atoms. The maximum absolute atomic E-state index is 12.3. The van der Waals surface area contributed by atoms with Crippen LogP contribution in [0.5, 0.6) is 0 Å². The Morgan fingerprint density at radius 1 is 1.09 bits per heavy atom. The van der Waals surface area contributed by atoms with Crippen molar-refractivity contribution in [2.75, 3.05) is 5.32 Å². The van der Waals surface area contributed by atoms with Crippen molar-refractivity contribution in [2.45, 2.75) is 19.8 Å². The monoisotopic (exact) mass is 301 g/mol. The average Bonchev–Trinajstić information content (AvgIpc) is 2.49. The maximum Gasteiger partial charge on any atom is 0.228 e. The zero-order valence-corrected chi connectivity index (χ0v) is 12.0. The van der Waals surface area contributed by atoms with Crippen LogP contribution < -0.4 is 15.5 Å². The summed E-state index contributed by atoms with van der Waals surface area (Å²) < 4.78 is 0. The first-order chi connectivity index (χ1) is 10.4. The van der Waals surface area contributed by atoms with Gasteiger partial charge in [-0.05, 0) is 37.0 Å². The third-order valence-electron chi connectivity index (χ3n) is 3.80. The van der Waals surface area contributed by atoms with Gasteiger partial charge in [-0.1, -0.05) is 24.3 Å². The second kappa shape index (κ2) is 6.43. The van der Waals surface area contributed by atoms with E-state index < -0.39 is 29.7 Å². The Bertz CT molecular complexity index is 650. The molecular weight excluding hydrogens is 286 g/mol. The van der Waals surface area contributed by atoms with E-state index in [1.165, 1.54) is 12.1 Å². The Hall–Kier alpha value is -2.63. The van der Waals surface area contributed by atoms with Crippen molar-refractivity contribution in [1.82, 2.24) is 0 Å². The molecule has 0 heterocycles. The molecular formula is C16H15NO5-2. The standard InChI is InChI=1S/C16H17NO5/c1-9-6-7-10(15(19)20)8-13(9)17-14(18)11-4-2-3-5-12(11)16(21)22/h2-3,6-8,11-12H,4-5H2,1H3,(H,17,18)(H,19,20)(H,21,22)/p-2/t11-,12+/m1/s1. The van der Waals surface area contributed by atoms with Crippen molar-refractivity contribution < 1.29 is 24.6 Å². The van der Waals surface area contributed by atoms with Gasteiger partial charge in [-0.2, -0.15) is 0 Å². The van der Waals surface area contributed by atoms with Crippen LogP contribution in [0.25, 0.3) is 0 Å². The number of allylic oxidation sites excluding steroid dienone is 2. The van der Waals surface area contributed by atoms with Gasteiger partial charge in [0, 0.05) is 17.6 Å². The van der Waals surface area contributed by atoms with Crippen LogP contribution in [-0.4, -0.2) is 17.8 Å². The van der Waals surface area contributed by atoms with E-state index in [1.54, 1.807) is 25.1 Å². The Kier molecular flexibility index (Phi) is 4.60. The van der Waals surface area contributed by atoms with Gasteiger partial charge >= 0.3 is 0 Å². The fraction of sp³-hybridized carbons (Fsp3) is 0.312. The number of hydrogen-bond donors (Lipinski definition) is 1. The molecule has 0 bridgehead atoms. The number of rotatable bonds is 4. The summed E-state index contributed by atoms with van der Waals surface area (Å²) in [6, 6.07) is 4.24. The van der Waals surface area contributed by atoms with Crippen molar-refractivity contribution in [3.63, 3.8) is 0 Å². The number of carbonyl (C=O) groups is 3. The summed E-state index contributed by atoms with van der Waals surface area (Å²) in [5.41, 5.74) is 0.953. The molecule has 1 aliphatic rings. The van der Waals surface area contributed by atoms with Gasteiger partial charge in [0.2, 0.25) is 5.91 Å². The molecule has 0 aromatic heterocycles. The summed E-state index contributed by atoms with van der Waals surface area (Å²) in [5, 5.41) is 24.6. The van der Waals surface area contributed by atoms with Gasteiger partial charge in [0.05, 0.1) is 11.9 Å². The van der Waals surface area contributed by atoms with E-state index in [2.05, 4.69) is 5.32 Å². The molecule has 1 N–H and O–H groups in total. The zero-order chi connectivity index (χ0) is 16.3. The Labute approximate surface area is 127 Å². The summed E-state index contributed by atoms with van der Waals surface area (Å²) in [5.74, 6) is -4.68. The Balaban J connectivity index is 2.21. The fourth-order valence-electron chi connectivity index (χ4n) is 2.47. The van der Waals surface area contributed by atoms with Crippen LogP contribution >= 0.6 is 0 Å². The molecule has 0 unspecified atom stereocenters. The van der Waals surface area contributed by atoms with Crippen molar-refractivity contribution in [1.29, 1.82) is 0 Å². The number of aromatic carboxylic acids is 1. The number of carboxylic acid groups (broad SMARTS) is 2. The number of aryl methyl sites for hydroxylation is 1. The van der Waals surface area contributed by atoms with Crippen LogP contribution in [0.1, 0.15) is 28.8 Å². The SMILES string of the molecule is Cc1ccc(C(=O)[O-])cc1NC(=O)[C@@H]1CC=CC[C@@H]1C(=O)[O-]. The van der Waals surface area contributed by atoms with Gasteiger partial charge in [0.1, 0.15) is 0 Å². The van der Waals surface area contributed by atoms with Crippen LogP contribution in [0.3, 0.4) is 0 Å². The molecule has 0 saturated carbocycles. The quantitative estimate of drug-likeness (QED) is 0.763. The summed E-state index contributed by atoms with van der Waals surface area (Å²) >= 11 is 0. The minimum absolute atomic E-state index is 0.0547. The molecule has 0 saturated heterocycles. The molecule has 2 atom stereocenters. The van der Waals surface area contributed by atoms with Crippen molar-refractivity contribution >= 4 is 23.5 Å². The van der Waals surface area contributed by atoms with E-state index >= 15 is 0 Å². The molecule has 0 fully saturated rings. The van der Waals surface area contributed by atoms with Gasteiger partial charge < -0.3 is 25.1 Å². The number of carbonyl (C=O) groups excluding carboxylic acids is 3. The van der Waals surface area contributed by atoms with E-state index in [4.69, 9.17) is 0 Å². The largest absolute Gasteiger partial charge is 0.550 e. The van der Waals surface area contributed by atoms with Crippen molar-refractivity contribution in [3.8, 4) is 0 Å². The Morgan fingerprint density at radius 3 is 2.32 bits per heavy atom. The lowest BCUT2D eigenvalue weighted by atomic mass is 9.82. The molecule has 116 valence electrons. The first-order valence-corrected chi connectivity index (χ1v) is 6.89. The molecule has 6 heteroatoms. The highest BCUT2D eigenvalue weighted by atomic mass is 16.4. The number of anilines is 1. The first-order valence-electron chi connectivity index (χ1n) is 6.89. The normalized spacial score (nSPS) is 20.4. The zero-order valence-electron chi connectivity index (χ0n) is 12.0. The molecule has 1 aromatic rings. The van der Waals surface area contributed by atoms with E-state index in [-0.39, 0.29) is 12.0 Å². The lowest BCUT2D eigenvalue weighted by Crippen LogP contribution is -2.41. The first kappa shape index (κ1) is 15.8. The molecule has 1 amide bonds. The highest BCUT2D eigenvalue weighted by molar-refractivity contribution is 5.97. The van der Waals surface area contributed by atoms with Gasteiger partial charge in [0.25, 0.3) is 0 Å². The molecule has 1 aromatic carbocycles. The molecule has 2 rings (SSSR count).